The van der Waals surface area contributed by atoms with Crippen molar-refractivity contribution in [1.82, 2.24) is 10.6 Å². The summed E-state index contributed by atoms with van der Waals surface area (Å²) in [6.07, 6.45) is 3.19. The summed E-state index contributed by atoms with van der Waals surface area (Å²) in [7, 11) is 0. The number of amides is 2. The number of hydrogen-bond acceptors (Lipinski definition) is 4. The van der Waals surface area contributed by atoms with Gasteiger partial charge in [0.15, 0.2) is 0 Å². The average Bonchev–Trinajstić information content (AvgIpc) is 3.18. The predicted octanol–water partition coefficient (Wildman–Crippen LogP) is 5.09. The smallest absolute Gasteiger partial charge is 0.407 e. The number of ether oxygens (including phenoxy) is 1. The normalized spacial score (nSPS) is 13.9. The lowest BCUT2D eigenvalue weighted by molar-refractivity contribution is -0.137. The van der Waals surface area contributed by atoms with Crippen molar-refractivity contribution in [2.75, 3.05) is 13.2 Å². The van der Waals surface area contributed by atoms with Crippen LogP contribution in [0.15, 0.2) is 48.5 Å². The van der Waals surface area contributed by atoms with Crippen LogP contribution in [0.25, 0.3) is 11.1 Å². The Morgan fingerprint density at radius 1 is 0.943 bits per heavy atom. The quantitative estimate of drug-likeness (QED) is 0.370. The lowest BCUT2D eigenvalue weighted by Gasteiger charge is -2.20. The summed E-state index contributed by atoms with van der Waals surface area (Å²) in [6.45, 7) is 4.55. The van der Waals surface area contributed by atoms with E-state index in [0.717, 1.165) is 35.1 Å². The van der Waals surface area contributed by atoms with Crippen LogP contribution in [0.3, 0.4) is 0 Å². The van der Waals surface area contributed by atoms with Gasteiger partial charge in [0.25, 0.3) is 0 Å². The fraction of sp³-hybridized carbons (Fsp3) is 0.464. The van der Waals surface area contributed by atoms with Crippen LogP contribution in [0.1, 0.15) is 69.4 Å². The minimum atomic E-state index is -0.798. The van der Waals surface area contributed by atoms with Gasteiger partial charge in [-0.3, -0.25) is 9.59 Å². The minimum Gasteiger partial charge on any atom is -0.481 e. The maximum Gasteiger partial charge on any atom is 0.407 e. The molecule has 3 rings (SSSR count). The number of aliphatic carboxylic acids is 1. The molecule has 0 saturated heterocycles. The van der Waals surface area contributed by atoms with Crippen molar-refractivity contribution in [2.24, 2.45) is 5.92 Å². The maximum atomic E-state index is 12.6. The van der Waals surface area contributed by atoms with Gasteiger partial charge in [0.05, 0.1) is 0 Å². The maximum absolute atomic E-state index is 12.6. The zero-order chi connectivity index (χ0) is 25.2. The van der Waals surface area contributed by atoms with Crippen molar-refractivity contribution in [3.05, 3.63) is 59.7 Å². The van der Waals surface area contributed by atoms with Crippen molar-refractivity contribution in [3.8, 4) is 11.1 Å². The molecule has 7 nitrogen and oxygen atoms in total. The summed E-state index contributed by atoms with van der Waals surface area (Å²) >= 11 is 0. The topological polar surface area (TPSA) is 105 Å². The number of hydrogen-bond donors (Lipinski definition) is 3. The Labute approximate surface area is 207 Å². The van der Waals surface area contributed by atoms with Gasteiger partial charge in [-0.15, -0.1) is 0 Å². The van der Waals surface area contributed by atoms with Crippen molar-refractivity contribution in [3.63, 3.8) is 0 Å². The molecule has 1 aliphatic rings. The third-order valence-corrected chi connectivity index (χ3v) is 6.68. The van der Waals surface area contributed by atoms with Gasteiger partial charge in [0, 0.05) is 18.9 Å². The Morgan fingerprint density at radius 3 is 2.14 bits per heavy atom. The van der Waals surface area contributed by atoms with E-state index in [0.29, 0.717) is 25.8 Å². The number of rotatable bonds is 13. The molecule has 188 valence electrons. The second-order valence-electron chi connectivity index (χ2n) is 9.10. The van der Waals surface area contributed by atoms with E-state index < -0.39 is 18.1 Å². The van der Waals surface area contributed by atoms with Crippen LogP contribution in [0.2, 0.25) is 0 Å². The molecule has 2 aromatic carbocycles. The molecule has 2 amide bonds. The number of fused-ring (bicyclic) bond motifs is 3. The average molecular weight is 481 g/mol. The van der Waals surface area contributed by atoms with Gasteiger partial charge < -0.3 is 20.5 Å². The Kier molecular flexibility index (Phi) is 9.70. The van der Waals surface area contributed by atoms with Crippen molar-refractivity contribution < 1.29 is 24.2 Å². The van der Waals surface area contributed by atoms with E-state index in [1.54, 1.807) is 0 Å². The molecule has 7 heteroatoms. The molecule has 0 bridgehead atoms. The molecular weight excluding hydrogens is 444 g/mol. The zero-order valence-corrected chi connectivity index (χ0v) is 20.6. The third-order valence-electron chi connectivity index (χ3n) is 6.68. The Bertz CT molecular complexity index is 976. The molecule has 0 saturated carbocycles. The van der Waals surface area contributed by atoms with Gasteiger partial charge in [0.2, 0.25) is 5.91 Å². The largest absolute Gasteiger partial charge is 0.481 e. The number of carbonyl (C=O) groups is 3. The lowest BCUT2D eigenvalue weighted by atomic mass is 9.94. The molecule has 0 aromatic heterocycles. The van der Waals surface area contributed by atoms with E-state index in [1.807, 2.05) is 31.2 Å². The van der Waals surface area contributed by atoms with Crippen molar-refractivity contribution in [2.45, 2.75) is 64.3 Å². The molecular formula is C28H36N2O5. The Balaban J connectivity index is 1.49. The Hall–Kier alpha value is -3.35. The molecule has 3 N–H and O–H groups in total. The van der Waals surface area contributed by atoms with Crippen LogP contribution in [-0.2, 0) is 14.3 Å². The molecule has 0 heterocycles. The second-order valence-corrected chi connectivity index (χ2v) is 9.10. The summed E-state index contributed by atoms with van der Waals surface area (Å²) in [5.74, 6) is -0.835. The monoisotopic (exact) mass is 480 g/mol. The fourth-order valence-corrected chi connectivity index (χ4v) is 4.83. The number of alkyl carbamates (subject to hydrolysis) is 1. The highest BCUT2D eigenvalue weighted by Crippen LogP contribution is 2.44. The summed E-state index contributed by atoms with van der Waals surface area (Å²) in [4.78, 5) is 36.0. The first-order chi connectivity index (χ1) is 16.9. The molecule has 1 aliphatic carbocycles. The molecule has 2 atom stereocenters. The van der Waals surface area contributed by atoms with Gasteiger partial charge >= 0.3 is 12.1 Å². The summed E-state index contributed by atoms with van der Waals surface area (Å²) < 4.78 is 5.57. The summed E-state index contributed by atoms with van der Waals surface area (Å²) in [5.41, 5.74) is 4.59. The van der Waals surface area contributed by atoms with Crippen LogP contribution in [0, 0.1) is 5.92 Å². The van der Waals surface area contributed by atoms with Crippen molar-refractivity contribution in [1.29, 1.82) is 0 Å². The van der Waals surface area contributed by atoms with Crippen LogP contribution in [0.4, 0.5) is 4.79 Å². The molecule has 0 radical (unpaired) electrons. The van der Waals surface area contributed by atoms with Crippen molar-refractivity contribution >= 4 is 18.0 Å². The zero-order valence-electron chi connectivity index (χ0n) is 20.6. The van der Waals surface area contributed by atoms with Gasteiger partial charge in [0.1, 0.15) is 12.6 Å². The number of benzene rings is 2. The van der Waals surface area contributed by atoms with Crippen LogP contribution < -0.4 is 10.6 Å². The lowest BCUT2D eigenvalue weighted by Crippen LogP contribution is -2.47. The molecule has 0 aliphatic heterocycles. The van der Waals surface area contributed by atoms with Gasteiger partial charge in [-0.1, -0.05) is 75.2 Å². The van der Waals surface area contributed by atoms with E-state index in [9.17, 15) is 14.4 Å². The highest BCUT2D eigenvalue weighted by atomic mass is 16.5. The van der Waals surface area contributed by atoms with E-state index in [2.05, 4.69) is 41.8 Å². The predicted molar refractivity (Wildman–Crippen MR) is 135 cm³/mol. The van der Waals surface area contributed by atoms with Gasteiger partial charge in [-0.05, 0) is 47.4 Å². The van der Waals surface area contributed by atoms with Crippen LogP contribution in [0.5, 0.6) is 0 Å². The van der Waals surface area contributed by atoms with Crippen LogP contribution in [-0.4, -0.2) is 42.3 Å². The SMILES string of the molecule is CCCC(CCNC(=O)[C@@H](CC)NC(=O)OCC1c2ccccc2-c2ccccc21)CCC(=O)O. The van der Waals surface area contributed by atoms with Crippen LogP contribution >= 0.6 is 0 Å². The number of carboxylic acid groups (broad SMARTS) is 1. The molecule has 2 aromatic rings. The number of carbonyl (C=O) groups excluding carboxylic acids is 2. The van der Waals surface area contributed by atoms with E-state index in [4.69, 9.17) is 9.84 Å². The molecule has 0 spiro atoms. The molecule has 1 unspecified atom stereocenters. The standard InChI is InChI=1S/C28H36N2O5/c1-3-9-19(14-15-26(31)32)16-17-29-27(33)25(4-2)30-28(34)35-18-24-22-12-7-5-10-20(22)21-11-6-8-13-23(21)24/h5-8,10-13,19,24-25H,3-4,9,14-18H2,1-2H3,(H,29,33)(H,30,34)(H,31,32)/t19?,25-/m1/s1. The number of nitrogens with one attached hydrogen (secondary N) is 2. The van der Waals surface area contributed by atoms with Gasteiger partial charge in [-0.2, -0.15) is 0 Å². The highest BCUT2D eigenvalue weighted by molar-refractivity contribution is 5.85. The first-order valence-electron chi connectivity index (χ1n) is 12.6. The van der Waals surface area contributed by atoms with E-state index in [1.165, 1.54) is 0 Å². The molecule has 0 fully saturated rings. The van der Waals surface area contributed by atoms with E-state index >= 15 is 0 Å². The first-order valence-corrected chi connectivity index (χ1v) is 12.6. The van der Waals surface area contributed by atoms with Gasteiger partial charge in [-0.25, -0.2) is 4.79 Å². The minimum absolute atomic E-state index is 0.0386. The second kappa shape index (κ2) is 12.9. The third kappa shape index (κ3) is 7.07. The first kappa shape index (κ1) is 26.3. The Morgan fingerprint density at radius 2 is 1.57 bits per heavy atom. The fourth-order valence-electron chi connectivity index (χ4n) is 4.83. The highest BCUT2D eigenvalue weighted by Gasteiger charge is 2.29. The number of carboxylic acids is 1. The summed E-state index contributed by atoms with van der Waals surface area (Å²) in [5, 5.41) is 14.5. The summed E-state index contributed by atoms with van der Waals surface area (Å²) in [6, 6.07) is 15.6. The molecule has 35 heavy (non-hydrogen) atoms. The van der Waals surface area contributed by atoms with E-state index in [-0.39, 0.29) is 30.8 Å².